The van der Waals surface area contributed by atoms with Crippen LogP contribution in [0.5, 0.6) is 0 Å². The van der Waals surface area contributed by atoms with E-state index in [1.165, 1.54) is 4.90 Å². The maximum absolute atomic E-state index is 11.0. The molecular weight excluding hydrogens is 166 g/mol. The number of carbonyl (C=O) groups excluding carboxylic acids is 1. The van der Waals surface area contributed by atoms with Crippen molar-refractivity contribution in [2.24, 2.45) is 0 Å². The summed E-state index contributed by atoms with van der Waals surface area (Å²) in [5.74, 6) is 2.96. The monoisotopic (exact) mass is 181 g/mol. The summed E-state index contributed by atoms with van der Waals surface area (Å²) in [4.78, 5) is 12.5. The van der Waals surface area contributed by atoms with Gasteiger partial charge in [0.2, 0.25) is 0 Å². The zero-order valence-corrected chi connectivity index (χ0v) is 8.17. The first kappa shape index (κ1) is 9.91. The lowest BCUT2D eigenvalue weighted by atomic mass is 10.2. The minimum atomic E-state index is -0.309. The molecule has 0 saturated carbocycles. The number of amides is 1. The Labute approximate surface area is 79.1 Å². The predicted octanol–water partition coefficient (Wildman–Crippen LogP) is 1.98. The average molecular weight is 181 g/mol. The fourth-order valence-corrected chi connectivity index (χ4v) is 1.08. The van der Waals surface area contributed by atoms with Gasteiger partial charge in [-0.05, 0) is 13.3 Å². The van der Waals surface area contributed by atoms with E-state index in [2.05, 4.69) is 18.9 Å². The van der Waals surface area contributed by atoms with Gasteiger partial charge in [0.25, 0.3) is 0 Å². The van der Waals surface area contributed by atoms with Gasteiger partial charge >= 0.3 is 6.09 Å². The van der Waals surface area contributed by atoms with Crippen molar-refractivity contribution in [2.75, 3.05) is 6.61 Å². The standard InChI is InChI=1S/C10H15NO2/c1-3-4-5-6-7-11-9(2)8-13-10(11)12/h9H,3-5,8H2,1-2H3/t9-/m0/s1. The second kappa shape index (κ2) is 4.76. The first-order valence-corrected chi connectivity index (χ1v) is 4.70. The second-order valence-corrected chi connectivity index (χ2v) is 3.19. The molecule has 0 unspecified atom stereocenters. The van der Waals surface area contributed by atoms with Crippen molar-refractivity contribution >= 4 is 6.09 Å². The Balaban J connectivity index is 2.40. The van der Waals surface area contributed by atoms with Crippen LogP contribution in [0.4, 0.5) is 4.79 Å². The van der Waals surface area contributed by atoms with E-state index in [9.17, 15) is 4.79 Å². The summed E-state index contributed by atoms with van der Waals surface area (Å²) in [5, 5.41) is 0. The molecule has 1 rings (SSSR count). The highest BCUT2D eigenvalue weighted by molar-refractivity contribution is 5.72. The van der Waals surface area contributed by atoms with E-state index in [0.29, 0.717) is 6.61 Å². The van der Waals surface area contributed by atoms with Gasteiger partial charge in [-0.2, -0.15) is 0 Å². The minimum Gasteiger partial charge on any atom is -0.446 e. The lowest BCUT2D eigenvalue weighted by Crippen LogP contribution is -2.25. The van der Waals surface area contributed by atoms with Crippen molar-refractivity contribution in [3.63, 3.8) is 0 Å². The first-order valence-electron chi connectivity index (χ1n) is 4.70. The van der Waals surface area contributed by atoms with Gasteiger partial charge in [-0.15, -0.1) is 0 Å². The Morgan fingerprint density at radius 3 is 3.00 bits per heavy atom. The average Bonchev–Trinajstić information content (AvgIpc) is 2.42. The zero-order chi connectivity index (χ0) is 9.68. The van der Waals surface area contributed by atoms with Gasteiger partial charge in [-0.25, -0.2) is 9.69 Å². The topological polar surface area (TPSA) is 29.5 Å². The molecule has 0 radical (unpaired) electrons. The van der Waals surface area contributed by atoms with Gasteiger partial charge in [-0.3, -0.25) is 0 Å². The molecule has 1 heterocycles. The Bertz CT molecular complexity index is 239. The summed E-state index contributed by atoms with van der Waals surface area (Å²) in [6, 6.07) is 2.92. The quantitative estimate of drug-likeness (QED) is 0.481. The van der Waals surface area contributed by atoms with Crippen LogP contribution in [0.25, 0.3) is 0 Å². The van der Waals surface area contributed by atoms with Crippen LogP contribution in [0.15, 0.2) is 0 Å². The molecule has 1 atom stereocenters. The summed E-state index contributed by atoms with van der Waals surface area (Å²) >= 11 is 0. The van der Waals surface area contributed by atoms with Gasteiger partial charge < -0.3 is 4.74 Å². The molecule has 1 saturated heterocycles. The van der Waals surface area contributed by atoms with E-state index in [1.807, 2.05) is 6.92 Å². The highest BCUT2D eigenvalue weighted by Crippen LogP contribution is 2.09. The molecule has 0 aromatic rings. The molecular formula is C10H15NO2. The maximum Gasteiger partial charge on any atom is 0.421 e. The van der Waals surface area contributed by atoms with Gasteiger partial charge in [0.05, 0.1) is 6.04 Å². The molecule has 1 fully saturated rings. The fourth-order valence-electron chi connectivity index (χ4n) is 1.08. The number of ether oxygens (including phenoxy) is 1. The summed E-state index contributed by atoms with van der Waals surface area (Å²) < 4.78 is 4.82. The van der Waals surface area contributed by atoms with Crippen molar-refractivity contribution in [1.29, 1.82) is 0 Å². The van der Waals surface area contributed by atoms with Crippen LogP contribution >= 0.6 is 0 Å². The van der Waals surface area contributed by atoms with E-state index in [1.54, 1.807) is 0 Å². The van der Waals surface area contributed by atoms with Crippen LogP contribution in [0.3, 0.4) is 0 Å². The van der Waals surface area contributed by atoms with Crippen LogP contribution in [-0.2, 0) is 4.74 Å². The molecule has 1 amide bonds. The molecule has 72 valence electrons. The van der Waals surface area contributed by atoms with Crippen LogP contribution in [0.1, 0.15) is 33.1 Å². The minimum absolute atomic E-state index is 0.0987. The number of nitrogens with zero attached hydrogens (tertiary/aromatic N) is 1. The lowest BCUT2D eigenvalue weighted by molar-refractivity contribution is 0.167. The predicted molar refractivity (Wildman–Crippen MR) is 50.0 cm³/mol. The van der Waals surface area contributed by atoms with Gasteiger partial charge in [0.1, 0.15) is 6.61 Å². The van der Waals surface area contributed by atoms with Gasteiger partial charge in [0.15, 0.2) is 0 Å². The molecule has 13 heavy (non-hydrogen) atoms. The summed E-state index contributed by atoms with van der Waals surface area (Å²) in [6.07, 6.45) is 2.77. The highest BCUT2D eigenvalue weighted by atomic mass is 16.6. The van der Waals surface area contributed by atoms with Crippen LogP contribution in [0, 0.1) is 12.0 Å². The van der Waals surface area contributed by atoms with Crippen molar-refractivity contribution in [3.8, 4) is 12.0 Å². The summed E-state index contributed by atoms with van der Waals surface area (Å²) in [6.45, 7) is 4.51. The molecule has 0 spiro atoms. The molecule has 0 aromatic heterocycles. The number of cyclic esters (lactones) is 1. The number of hydrogen-bond donors (Lipinski definition) is 0. The van der Waals surface area contributed by atoms with Crippen molar-refractivity contribution in [1.82, 2.24) is 4.90 Å². The summed E-state index contributed by atoms with van der Waals surface area (Å²) in [7, 11) is 0. The molecule has 3 nitrogen and oxygen atoms in total. The highest BCUT2D eigenvalue weighted by Gasteiger charge is 2.27. The third kappa shape index (κ3) is 2.66. The first-order chi connectivity index (χ1) is 6.25. The van der Waals surface area contributed by atoms with Crippen LogP contribution < -0.4 is 0 Å². The summed E-state index contributed by atoms with van der Waals surface area (Å²) in [5.41, 5.74) is 0. The number of unbranched alkanes of at least 4 members (excludes halogenated alkanes) is 2. The molecule has 1 aliphatic heterocycles. The van der Waals surface area contributed by atoms with E-state index in [4.69, 9.17) is 4.74 Å². The largest absolute Gasteiger partial charge is 0.446 e. The van der Waals surface area contributed by atoms with E-state index < -0.39 is 0 Å². The SMILES string of the molecule is CCCCC#CN1C(=O)OC[C@@H]1C. The van der Waals surface area contributed by atoms with Crippen molar-refractivity contribution in [2.45, 2.75) is 39.2 Å². The molecule has 1 aliphatic rings. The smallest absolute Gasteiger partial charge is 0.421 e. The van der Waals surface area contributed by atoms with Gasteiger partial charge in [0, 0.05) is 12.5 Å². The number of rotatable bonds is 2. The molecule has 3 heteroatoms. The third-order valence-corrected chi connectivity index (χ3v) is 1.94. The van der Waals surface area contributed by atoms with Crippen molar-refractivity contribution < 1.29 is 9.53 Å². The molecule has 0 N–H and O–H groups in total. The van der Waals surface area contributed by atoms with Crippen LogP contribution in [0.2, 0.25) is 0 Å². The Morgan fingerprint density at radius 2 is 2.46 bits per heavy atom. The lowest BCUT2D eigenvalue weighted by Gasteiger charge is -2.07. The van der Waals surface area contributed by atoms with E-state index in [-0.39, 0.29) is 12.1 Å². The van der Waals surface area contributed by atoms with Crippen LogP contribution in [-0.4, -0.2) is 23.6 Å². The van der Waals surface area contributed by atoms with E-state index in [0.717, 1.165) is 19.3 Å². The fraction of sp³-hybridized carbons (Fsp3) is 0.700. The number of carbonyl (C=O) groups is 1. The zero-order valence-electron chi connectivity index (χ0n) is 8.17. The Kier molecular flexibility index (Phi) is 3.63. The molecule has 0 bridgehead atoms. The second-order valence-electron chi connectivity index (χ2n) is 3.19. The maximum atomic E-state index is 11.0. The van der Waals surface area contributed by atoms with Gasteiger partial charge in [-0.1, -0.05) is 19.3 Å². The third-order valence-electron chi connectivity index (χ3n) is 1.94. The molecule has 0 aliphatic carbocycles. The Hall–Kier alpha value is -1.17. The normalized spacial score (nSPS) is 20.9. The van der Waals surface area contributed by atoms with Crippen molar-refractivity contribution in [3.05, 3.63) is 0 Å². The number of hydrogen-bond acceptors (Lipinski definition) is 2. The van der Waals surface area contributed by atoms with E-state index >= 15 is 0 Å². The molecule has 0 aromatic carbocycles. The Morgan fingerprint density at radius 1 is 1.69 bits per heavy atom.